The standard InChI is InChI=1S/C15H24N2O2S/c1-2-16-12-13-8-6-7-11-15(13)20(18,19)17-14-9-4-3-5-10-14/h6-8,11,14,16-17H,2-5,9-10,12H2,1H3. The van der Waals surface area contributed by atoms with Crippen LogP contribution in [0.3, 0.4) is 0 Å². The summed E-state index contributed by atoms with van der Waals surface area (Å²) in [5.74, 6) is 0. The number of rotatable bonds is 6. The van der Waals surface area contributed by atoms with Gasteiger partial charge in [0.25, 0.3) is 0 Å². The van der Waals surface area contributed by atoms with Crippen molar-refractivity contribution in [1.82, 2.24) is 10.0 Å². The highest BCUT2D eigenvalue weighted by molar-refractivity contribution is 7.89. The Morgan fingerprint density at radius 3 is 2.55 bits per heavy atom. The normalized spacial score (nSPS) is 17.2. The van der Waals surface area contributed by atoms with E-state index in [-0.39, 0.29) is 6.04 Å². The van der Waals surface area contributed by atoms with Crippen LogP contribution >= 0.6 is 0 Å². The Morgan fingerprint density at radius 1 is 1.15 bits per heavy atom. The molecule has 1 fully saturated rings. The molecule has 0 amide bonds. The van der Waals surface area contributed by atoms with Gasteiger partial charge in [-0.05, 0) is 31.0 Å². The molecule has 0 radical (unpaired) electrons. The van der Waals surface area contributed by atoms with Crippen molar-refractivity contribution >= 4 is 10.0 Å². The summed E-state index contributed by atoms with van der Waals surface area (Å²) in [6.45, 7) is 3.42. The third-order valence-electron chi connectivity index (χ3n) is 3.75. The minimum absolute atomic E-state index is 0.0981. The molecule has 2 rings (SSSR count). The zero-order valence-corrected chi connectivity index (χ0v) is 12.9. The molecular formula is C15H24N2O2S. The molecule has 1 saturated carbocycles. The van der Waals surface area contributed by atoms with Crippen LogP contribution in [0, 0.1) is 0 Å². The lowest BCUT2D eigenvalue weighted by molar-refractivity contribution is 0.412. The van der Waals surface area contributed by atoms with Gasteiger partial charge in [0.1, 0.15) is 0 Å². The van der Waals surface area contributed by atoms with E-state index in [0.717, 1.165) is 37.8 Å². The Bertz CT molecular complexity index is 522. The second kappa shape index (κ2) is 7.20. The van der Waals surface area contributed by atoms with Crippen molar-refractivity contribution in [2.45, 2.75) is 56.5 Å². The largest absolute Gasteiger partial charge is 0.313 e. The molecule has 4 nitrogen and oxygen atoms in total. The molecule has 5 heteroatoms. The van der Waals surface area contributed by atoms with Crippen molar-refractivity contribution in [3.63, 3.8) is 0 Å². The highest BCUT2D eigenvalue weighted by Crippen LogP contribution is 2.21. The van der Waals surface area contributed by atoms with Crippen LogP contribution in [0.5, 0.6) is 0 Å². The van der Waals surface area contributed by atoms with Gasteiger partial charge in [0.05, 0.1) is 4.90 Å². The summed E-state index contributed by atoms with van der Waals surface area (Å²) < 4.78 is 28.0. The molecule has 1 aromatic rings. The zero-order chi connectivity index (χ0) is 14.4. The fourth-order valence-corrected chi connectivity index (χ4v) is 4.22. The van der Waals surface area contributed by atoms with Gasteiger partial charge in [0, 0.05) is 12.6 Å². The number of sulfonamides is 1. The summed E-state index contributed by atoms with van der Waals surface area (Å²) in [4.78, 5) is 0.409. The van der Waals surface area contributed by atoms with Gasteiger partial charge in [-0.3, -0.25) is 0 Å². The monoisotopic (exact) mass is 296 g/mol. The fraction of sp³-hybridized carbons (Fsp3) is 0.600. The number of nitrogens with one attached hydrogen (secondary N) is 2. The Balaban J connectivity index is 2.15. The molecule has 1 aliphatic carbocycles. The molecule has 112 valence electrons. The molecular weight excluding hydrogens is 272 g/mol. The van der Waals surface area contributed by atoms with Crippen LogP contribution in [0.2, 0.25) is 0 Å². The molecule has 1 aromatic carbocycles. The number of benzene rings is 1. The van der Waals surface area contributed by atoms with Gasteiger partial charge in [-0.1, -0.05) is 44.4 Å². The summed E-state index contributed by atoms with van der Waals surface area (Å²) in [6, 6.07) is 7.33. The predicted molar refractivity (Wildman–Crippen MR) is 81.0 cm³/mol. The fourth-order valence-electron chi connectivity index (χ4n) is 2.68. The Labute approximate surface area is 122 Å². The Kier molecular flexibility index (Phi) is 5.57. The molecule has 0 aliphatic heterocycles. The molecule has 0 bridgehead atoms. The van der Waals surface area contributed by atoms with Crippen molar-refractivity contribution in [2.24, 2.45) is 0 Å². The van der Waals surface area contributed by atoms with E-state index in [1.54, 1.807) is 12.1 Å². The van der Waals surface area contributed by atoms with Crippen LogP contribution in [0.15, 0.2) is 29.2 Å². The number of hydrogen-bond acceptors (Lipinski definition) is 3. The first-order valence-electron chi connectivity index (χ1n) is 7.44. The number of hydrogen-bond donors (Lipinski definition) is 2. The topological polar surface area (TPSA) is 58.2 Å². The van der Waals surface area contributed by atoms with Gasteiger partial charge in [-0.2, -0.15) is 0 Å². The SMILES string of the molecule is CCNCc1ccccc1S(=O)(=O)NC1CCCCC1. The molecule has 0 heterocycles. The zero-order valence-electron chi connectivity index (χ0n) is 12.1. The smallest absolute Gasteiger partial charge is 0.241 e. The van der Waals surface area contributed by atoms with E-state index >= 15 is 0 Å². The van der Waals surface area contributed by atoms with E-state index in [1.807, 2.05) is 19.1 Å². The van der Waals surface area contributed by atoms with Crippen molar-refractivity contribution in [3.8, 4) is 0 Å². The van der Waals surface area contributed by atoms with Gasteiger partial charge in [0.15, 0.2) is 0 Å². The van der Waals surface area contributed by atoms with Crippen LogP contribution in [-0.4, -0.2) is 21.0 Å². The van der Waals surface area contributed by atoms with Crippen LogP contribution in [0.4, 0.5) is 0 Å². The maximum absolute atomic E-state index is 12.5. The lowest BCUT2D eigenvalue weighted by atomic mass is 9.96. The van der Waals surface area contributed by atoms with Crippen molar-refractivity contribution < 1.29 is 8.42 Å². The first kappa shape index (κ1) is 15.5. The second-order valence-electron chi connectivity index (χ2n) is 5.34. The third-order valence-corrected chi connectivity index (χ3v) is 5.38. The molecule has 0 unspecified atom stereocenters. The molecule has 1 aliphatic rings. The summed E-state index contributed by atoms with van der Waals surface area (Å²) in [5.41, 5.74) is 0.831. The van der Waals surface area contributed by atoms with Crippen molar-refractivity contribution in [2.75, 3.05) is 6.54 Å². The molecule has 0 atom stereocenters. The summed E-state index contributed by atoms with van der Waals surface area (Å²) >= 11 is 0. The van der Waals surface area contributed by atoms with E-state index in [1.165, 1.54) is 6.42 Å². The lowest BCUT2D eigenvalue weighted by Gasteiger charge is -2.23. The van der Waals surface area contributed by atoms with Gasteiger partial charge >= 0.3 is 0 Å². The lowest BCUT2D eigenvalue weighted by Crippen LogP contribution is -2.36. The maximum Gasteiger partial charge on any atom is 0.241 e. The summed E-state index contributed by atoms with van der Waals surface area (Å²) in [6.07, 6.45) is 5.36. The van der Waals surface area contributed by atoms with Gasteiger partial charge in [-0.25, -0.2) is 13.1 Å². The molecule has 0 spiro atoms. The molecule has 0 saturated heterocycles. The van der Waals surface area contributed by atoms with E-state index in [0.29, 0.717) is 11.4 Å². The van der Waals surface area contributed by atoms with Crippen molar-refractivity contribution in [1.29, 1.82) is 0 Å². The van der Waals surface area contributed by atoms with E-state index in [2.05, 4.69) is 10.0 Å². The van der Waals surface area contributed by atoms with E-state index in [9.17, 15) is 8.42 Å². The van der Waals surface area contributed by atoms with Crippen LogP contribution in [-0.2, 0) is 16.6 Å². The van der Waals surface area contributed by atoms with E-state index in [4.69, 9.17) is 0 Å². The van der Waals surface area contributed by atoms with Crippen LogP contribution < -0.4 is 10.0 Å². The van der Waals surface area contributed by atoms with Crippen molar-refractivity contribution in [3.05, 3.63) is 29.8 Å². The molecule has 2 N–H and O–H groups in total. The summed E-state index contributed by atoms with van der Waals surface area (Å²) in [5, 5.41) is 3.19. The minimum atomic E-state index is -3.41. The highest BCUT2D eigenvalue weighted by Gasteiger charge is 2.23. The van der Waals surface area contributed by atoms with Gasteiger partial charge in [-0.15, -0.1) is 0 Å². The maximum atomic E-state index is 12.5. The van der Waals surface area contributed by atoms with E-state index < -0.39 is 10.0 Å². The van der Waals surface area contributed by atoms with Gasteiger partial charge in [0.2, 0.25) is 10.0 Å². The average molecular weight is 296 g/mol. The first-order chi connectivity index (χ1) is 9.63. The molecule has 0 aromatic heterocycles. The molecule has 20 heavy (non-hydrogen) atoms. The summed E-state index contributed by atoms with van der Waals surface area (Å²) in [7, 11) is -3.41. The van der Waals surface area contributed by atoms with Crippen LogP contribution in [0.25, 0.3) is 0 Å². The van der Waals surface area contributed by atoms with Gasteiger partial charge < -0.3 is 5.32 Å². The average Bonchev–Trinajstić information content (AvgIpc) is 2.46. The predicted octanol–water partition coefficient (Wildman–Crippen LogP) is 2.41. The quantitative estimate of drug-likeness (QED) is 0.847. The highest BCUT2D eigenvalue weighted by atomic mass is 32.2. The Morgan fingerprint density at radius 2 is 1.85 bits per heavy atom. The Hall–Kier alpha value is -0.910. The second-order valence-corrected chi connectivity index (χ2v) is 7.03. The third kappa shape index (κ3) is 4.04. The first-order valence-corrected chi connectivity index (χ1v) is 8.93. The van der Waals surface area contributed by atoms with Crippen LogP contribution in [0.1, 0.15) is 44.6 Å². The minimum Gasteiger partial charge on any atom is -0.313 e.